The number of hydrogen-bond acceptors (Lipinski definition) is 3. The quantitative estimate of drug-likeness (QED) is 0.857. The van der Waals surface area contributed by atoms with Crippen LogP contribution in [0.3, 0.4) is 0 Å². The Morgan fingerprint density at radius 3 is 2.73 bits per heavy atom. The number of amides is 1. The van der Waals surface area contributed by atoms with Gasteiger partial charge in [0.25, 0.3) is 5.91 Å². The van der Waals surface area contributed by atoms with E-state index >= 15 is 0 Å². The van der Waals surface area contributed by atoms with Crippen molar-refractivity contribution in [1.29, 1.82) is 0 Å². The van der Waals surface area contributed by atoms with Gasteiger partial charge in [-0.2, -0.15) is 0 Å². The van der Waals surface area contributed by atoms with Gasteiger partial charge in [-0.3, -0.25) is 4.79 Å². The number of thiophene rings is 1. The smallest absolute Gasteiger partial charge is 0.263 e. The Morgan fingerprint density at radius 1 is 1.67 bits per heavy atom. The monoisotopic (exact) mass is 247 g/mol. The molecule has 0 aliphatic carbocycles. The predicted octanol–water partition coefficient (Wildman–Crippen LogP) is 2.15. The molecule has 1 aromatic heterocycles. The first kappa shape index (κ1) is 12.5. The molecule has 0 spiro atoms. The number of nitrogens with one attached hydrogen (secondary N) is 1. The van der Waals surface area contributed by atoms with Gasteiger partial charge in [-0.05, 0) is 17.4 Å². The zero-order chi connectivity index (χ0) is 11.4. The van der Waals surface area contributed by atoms with Gasteiger partial charge in [0.1, 0.15) is 4.88 Å². The average Bonchev–Trinajstić information content (AvgIpc) is 2.60. The highest BCUT2D eigenvalue weighted by Crippen LogP contribution is 2.21. The number of carbonyl (C=O) groups excluding carboxylic acids is 1. The van der Waals surface area contributed by atoms with Crippen LogP contribution in [-0.4, -0.2) is 23.7 Å². The summed E-state index contributed by atoms with van der Waals surface area (Å²) in [6.45, 7) is 3.82. The van der Waals surface area contributed by atoms with Crippen molar-refractivity contribution in [2.45, 2.75) is 19.9 Å². The molecular weight excluding hydrogens is 234 g/mol. The number of aliphatic hydroxyl groups excluding tert-OH is 1. The number of halogens is 1. The van der Waals surface area contributed by atoms with Gasteiger partial charge < -0.3 is 10.4 Å². The lowest BCUT2D eigenvalue weighted by atomic mass is 10.1. The van der Waals surface area contributed by atoms with Crippen molar-refractivity contribution >= 4 is 28.8 Å². The van der Waals surface area contributed by atoms with Crippen molar-refractivity contribution < 1.29 is 9.90 Å². The van der Waals surface area contributed by atoms with Crippen LogP contribution in [0.1, 0.15) is 23.5 Å². The molecule has 0 aliphatic rings. The van der Waals surface area contributed by atoms with Gasteiger partial charge in [0.15, 0.2) is 0 Å². The molecule has 0 fully saturated rings. The Labute approximate surface area is 98.1 Å². The topological polar surface area (TPSA) is 49.3 Å². The standard InChI is InChI=1S/C10H14ClNO2S/c1-6(2)8(5-13)12-10(14)9-7(11)3-4-15-9/h3-4,6,8,13H,5H2,1-2H3,(H,12,14)/t8-/m1/s1. The molecule has 0 saturated carbocycles. The molecule has 0 aromatic carbocycles. The van der Waals surface area contributed by atoms with Crippen LogP contribution in [0, 0.1) is 5.92 Å². The van der Waals surface area contributed by atoms with E-state index < -0.39 is 0 Å². The fraction of sp³-hybridized carbons (Fsp3) is 0.500. The number of carbonyl (C=O) groups is 1. The van der Waals surface area contributed by atoms with Crippen LogP contribution in [0.15, 0.2) is 11.4 Å². The number of hydrogen-bond donors (Lipinski definition) is 2. The molecule has 5 heteroatoms. The molecule has 1 amide bonds. The molecule has 0 saturated heterocycles. The lowest BCUT2D eigenvalue weighted by Gasteiger charge is -2.19. The minimum Gasteiger partial charge on any atom is -0.394 e. The zero-order valence-corrected chi connectivity index (χ0v) is 10.2. The minimum absolute atomic E-state index is 0.0631. The molecule has 0 radical (unpaired) electrons. The van der Waals surface area contributed by atoms with Crippen LogP contribution in [-0.2, 0) is 0 Å². The molecule has 0 bridgehead atoms. The summed E-state index contributed by atoms with van der Waals surface area (Å²) in [7, 11) is 0. The second-order valence-electron chi connectivity index (χ2n) is 3.60. The highest BCUT2D eigenvalue weighted by Gasteiger charge is 2.18. The number of rotatable bonds is 4. The van der Waals surface area contributed by atoms with E-state index in [1.807, 2.05) is 13.8 Å². The van der Waals surface area contributed by atoms with E-state index in [2.05, 4.69) is 5.32 Å². The molecule has 1 rings (SSSR count). The Kier molecular flexibility index (Phi) is 4.57. The summed E-state index contributed by atoms with van der Waals surface area (Å²) in [6.07, 6.45) is 0. The van der Waals surface area contributed by atoms with E-state index in [0.29, 0.717) is 9.90 Å². The van der Waals surface area contributed by atoms with Crippen molar-refractivity contribution in [2.75, 3.05) is 6.61 Å². The fourth-order valence-corrected chi connectivity index (χ4v) is 2.16. The van der Waals surface area contributed by atoms with Crippen LogP contribution >= 0.6 is 22.9 Å². The summed E-state index contributed by atoms with van der Waals surface area (Å²) in [5.74, 6) is -0.0274. The molecule has 2 N–H and O–H groups in total. The third-order valence-corrected chi connectivity index (χ3v) is 3.48. The Balaban J connectivity index is 2.67. The zero-order valence-electron chi connectivity index (χ0n) is 8.66. The normalized spacial score (nSPS) is 12.9. The maximum atomic E-state index is 11.7. The summed E-state index contributed by atoms with van der Waals surface area (Å²) >= 11 is 7.12. The van der Waals surface area contributed by atoms with Crippen LogP contribution < -0.4 is 5.32 Å². The largest absolute Gasteiger partial charge is 0.394 e. The number of aliphatic hydroxyl groups is 1. The highest BCUT2D eigenvalue weighted by molar-refractivity contribution is 7.12. The predicted molar refractivity (Wildman–Crippen MR) is 62.5 cm³/mol. The van der Waals surface area contributed by atoms with Gasteiger partial charge in [-0.15, -0.1) is 11.3 Å². The van der Waals surface area contributed by atoms with Crippen LogP contribution in [0.4, 0.5) is 0 Å². The molecule has 1 atom stereocenters. The van der Waals surface area contributed by atoms with Gasteiger partial charge >= 0.3 is 0 Å². The molecular formula is C10H14ClNO2S. The first-order valence-electron chi connectivity index (χ1n) is 4.71. The summed E-state index contributed by atoms with van der Waals surface area (Å²) in [5.41, 5.74) is 0. The molecule has 1 heterocycles. The first-order chi connectivity index (χ1) is 7.06. The van der Waals surface area contributed by atoms with Crippen molar-refractivity contribution in [3.63, 3.8) is 0 Å². The molecule has 1 aromatic rings. The maximum absolute atomic E-state index is 11.7. The van der Waals surface area contributed by atoms with Crippen molar-refractivity contribution in [2.24, 2.45) is 5.92 Å². The van der Waals surface area contributed by atoms with Gasteiger partial charge in [0, 0.05) is 0 Å². The lowest BCUT2D eigenvalue weighted by molar-refractivity contribution is 0.0901. The van der Waals surface area contributed by atoms with E-state index in [4.69, 9.17) is 16.7 Å². The fourth-order valence-electron chi connectivity index (χ4n) is 1.11. The SMILES string of the molecule is CC(C)[C@@H](CO)NC(=O)c1sccc1Cl. The summed E-state index contributed by atoms with van der Waals surface area (Å²) < 4.78 is 0. The Hall–Kier alpha value is -0.580. The van der Waals surface area contributed by atoms with E-state index in [1.54, 1.807) is 11.4 Å². The van der Waals surface area contributed by atoms with E-state index in [9.17, 15) is 4.79 Å². The third-order valence-electron chi connectivity index (χ3n) is 2.14. The molecule has 0 unspecified atom stereocenters. The van der Waals surface area contributed by atoms with E-state index in [0.717, 1.165) is 0 Å². The Bertz CT molecular complexity index is 338. The summed E-state index contributed by atoms with van der Waals surface area (Å²) in [6, 6.07) is 1.46. The third kappa shape index (κ3) is 3.19. The van der Waals surface area contributed by atoms with Crippen LogP contribution in [0.5, 0.6) is 0 Å². The van der Waals surface area contributed by atoms with Crippen LogP contribution in [0.25, 0.3) is 0 Å². The average molecular weight is 248 g/mol. The van der Waals surface area contributed by atoms with Gasteiger partial charge in [-0.1, -0.05) is 25.4 Å². The maximum Gasteiger partial charge on any atom is 0.263 e. The molecule has 15 heavy (non-hydrogen) atoms. The second-order valence-corrected chi connectivity index (χ2v) is 4.93. The first-order valence-corrected chi connectivity index (χ1v) is 5.96. The van der Waals surface area contributed by atoms with Gasteiger partial charge in [0.05, 0.1) is 17.7 Å². The van der Waals surface area contributed by atoms with Crippen molar-refractivity contribution in [1.82, 2.24) is 5.32 Å². The van der Waals surface area contributed by atoms with Crippen molar-refractivity contribution in [3.8, 4) is 0 Å². The van der Waals surface area contributed by atoms with E-state index in [-0.39, 0.29) is 24.5 Å². The molecule has 0 aliphatic heterocycles. The minimum atomic E-state index is -0.226. The molecule has 84 valence electrons. The Morgan fingerprint density at radius 2 is 2.33 bits per heavy atom. The lowest BCUT2D eigenvalue weighted by Crippen LogP contribution is -2.40. The van der Waals surface area contributed by atoms with E-state index in [1.165, 1.54) is 11.3 Å². The summed E-state index contributed by atoms with van der Waals surface area (Å²) in [4.78, 5) is 12.2. The van der Waals surface area contributed by atoms with Crippen molar-refractivity contribution in [3.05, 3.63) is 21.3 Å². The molecule has 3 nitrogen and oxygen atoms in total. The van der Waals surface area contributed by atoms with Crippen LogP contribution in [0.2, 0.25) is 5.02 Å². The van der Waals surface area contributed by atoms with Gasteiger partial charge in [-0.25, -0.2) is 0 Å². The summed E-state index contributed by atoms with van der Waals surface area (Å²) in [5, 5.41) is 14.0. The highest BCUT2D eigenvalue weighted by atomic mass is 35.5. The van der Waals surface area contributed by atoms with Gasteiger partial charge in [0.2, 0.25) is 0 Å². The second kappa shape index (κ2) is 5.49.